The Labute approximate surface area is 188 Å². The molecule has 0 bridgehead atoms. The molecule has 3 fully saturated rings. The molecular weight excluding hydrogens is 390 g/mol. The molecule has 4 aliphatic rings. The van der Waals surface area contributed by atoms with Gasteiger partial charge in [-0.15, -0.1) is 0 Å². The molecule has 0 radical (unpaired) electrons. The number of carbonyl (C=O) groups excluding carboxylic acids is 1. The van der Waals surface area contributed by atoms with Crippen molar-refractivity contribution in [3.63, 3.8) is 0 Å². The van der Waals surface area contributed by atoms with Crippen LogP contribution in [0.25, 0.3) is 0 Å². The van der Waals surface area contributed by atoms with Crippen LogP contribution < -0.4 is 5.32 Å². The lowest BCUT2D eigenvalue weighted by molar-refractivity contribution is -0.0602. The standard InChI is InChI=1S/C26H43NO4/c1-17(16-31-24(29)27-13-14-30-4)21-7-8-22-20-6-5-18-15-19(28)9-11-25(18,2)23(20)10-12-26(21,22)3/h5,17,19-23,28H,6-16H2,1-4H3,(H,27,29)/t17-,19+,20+,21-,22+,23+,25+,26-/m1/s1. The fourth-order valence-corrected chi connectivity index (χ4v) is 8.25. The van der Waals surface area contributed by atoms with E-state index in [0.29, 0.717) is 42.4 Å². The Balaban J connectivity index is 1.41. The molecule has 0 unspecified atom stereocenters. The smallest absolute Gasteiger partial charge is 0.407 e. The average molecular weight is 434 g/mol. The van der Waals surface area contributed by atoms with Gasteiger partial charge in [-0.3, -0.25) is 0 Å². The lowest BCUT2D eigenvalue weighted by Gasteiger charge is -2.58. The van der Waals surface area contributed by atoms with Gasteiger partial charge in [-0.05, 0) is 91.8 Å². The van der Waals surface area contributed by atoms with Crippen molar-refractivity contribution in [2.24, 2.45) is 40.4 Å². The Morgan fingerprint density at radius 2 is 2.03 bits per heavy atom. The summed E-state index contributed by atoms with van der Waals surface area (Å²) in [6.45, 7) is 8.79. The van der Waals surface area contributed by atoms with E-state index in [1.54, 1.807) is 12.7 Å². The molecule has 0 aromatic rings. The lowest BCUT2D eigenvalue weighted by atomic mass is 9.47. The number of alkyl carbamates (subject to hydrolysis) is 1. The Hall–Kier alpha value is -1.07. The van der Waals surface area contributed by atoms with Gasteiger partial charge in [0.25, 0.3) is 0 Å². The predicted molar refractivity (Wildman–Crippen MR) is 122 cm³/mol. The minimum atomic E-state index is -0.329. The first kappa shape index (κ1) is 23.1. The van der Waals surface area contributed by atoms with Gasteiger partial charge < -0.3 is 19.9 Å². The van der Waals surface area contributed by atoms with E-state index in [1.807, 2.05) is 0 Å². The average Bonchev–Trinajstić information content (AvgIpc) is 3.10. The fraction of sp³-hybridized carbons (Fsp3) is 0.885. The minimum absolute atomic E-state index is 0.131. The third-order valence-corrected chi connectivity index (χ3v) is 9.89. The van der Waals surface area contributed by atoms with Crippen LogP contribution in [0.4, 0.5) is 4.79 Å². The third-order valence-electron chi connectivity index (χ3n) is 9.89. The van der Waals surface area contributed by atoms with Gasteiger partial charge >= 0.3 is 6.09 Å². The van der Waals surface area contributed by atoms with Crippen LogP contribution in [0, 0.1) is 40.4 Å². The first-order chi connectivity index (χ1) is 14.8. The maximum Gasteiger partial charge on any atom is 0.407 e. The number of rotatable bonds is 6. The Bertz CT molecular complexity index is 693. The van der Waals surface area contributed by atoms with Crippen LogP contribution in [0.2, 0.25) is 0 Å². The number of amides is 1. The van der Waals surface area contributed by atoms with Crippen molar-refractivity contribution in [1.82, 2.24) is 5.32 Å². The summed E-state index contributed by atoms with van der Waals surface area (Å²) >= 11 is 0. The number of fused-ring (bicyclic) bond motifs is 5. The molecule has 0 aromatic carbocycles. The molecule has 0 saturated heterocycles. The normalized spacial score (nSPS) is 42.6. The number of carbonyl (C=O) groups is 1. The molecule has 4 rings (SSSR count). The first-order valence-corrected chi connectivity index (χ1v) is 12.6. The summed E-state index contributed by atoms with van der Waals surface area (Å²) in [7, 11) is 1.63. The van der Waals surface area contributed by atoms with Crippen molar-refractivity contribution in [2.75, 3.05) is 26.9 Å². The fourth-order valence-electron chi connectivity index (χ4n) is 8.25. The summed E-state index contributed by atoms with van der Waals surface area (Å²) in [4.78, 5) is 12.0. The number of hydrogen-bond acceptors (Lipinski definition) is 4. The molecule has 5 heteroatoms. The highest BCUT2D eigenvalue weighted by atomic mass is 16.5. The van der Waals surface area contributed by atoms with Gasteiger partial charge in [0, 0.05) is 13.7 Å². The first-order valence-electron chi connectivity index (χ1n) is 12.6. The van der Waals surface area contributed by atoms with Crippen LogP contribution in [0.3, 0.4) is 0 Å². The molecule has 1 amide bonds. The molecule has 2 N–H and O–H groups in total. The van der Waals surface area contributed by atoms with E-state index in [9.17, 15) is 9.90 Å². The van der Waals surface area contributed by atoms with Crippen molar-refractivity contribution in [3.05, 3.63) is 11.6 Å². The number of aliphatic hydroxyl groups excluding tert-OH is 1. The predicted octanol–water partition coefficient (Wildman–Crippen LogP) is 4.94. The van der Waals surface area contributed by atoms with Gasteiger partial charge in [0.05, 0.1) is 19.3 Å². The zero-order valence-corrected chi connectivity index (χ0v) is 20.0. The van der Waals surface area contributed by atoms with Gasteiger partial charge in [-0.25, -0.2) is 4.79 Å². The van der Waals surface area contributed by atoms with Gasteiger partial charge in [0.1, 0.15) is 0 Å². The van der Waals surface area contributed by atoms with Crippen LogP contribution in [0.15, 0.2) is 11.6 Å². The summed E-state index contributed by atoms with van der Waals surface area (Å²) in [5.74, 6) is 3.33. The van der Waals surface area contributed by atoms with Crippen LogP contribution >= 0.6 is 0 Å². The summed E-state index contributed by atoms with van der Waals surface area (Å²) < 4.78 is 10.5. The molecule has 176 valence electrons. The number of nitrogens with one attached hydrogen (secondary N) is 1. The quantitative estimate of drug-likeness (QED) is 0.460. The molecule has 4 aliphatic carbocycles. The van der Waals surface area contributed by atoms with Crippen molar-refractivity contribution >= 4 is 6.09 Å². The number of methoxy groups -OCH3 is 1. The molecule has 31 heavy (non-hydrogen) atoms. The van der Waals surface area contributed by atoms with E-state index in [2.05, 4.69) is 32.2 Å². The highest BCUT2D eigenvalue weighted by Crippen LogP contribution is 2.67. The summed E-state index contributed by atoms with van der Waals surface area (Å²) in [6, 6.07) is 0. The SMILES string of the molecule is COCCNC(=O)OC[C@@H](C)[C@H]1CC[C@H]2[C@@H]3CC=C4C[C@@H](O)CC[C@]4(C)[C@H]3CC[C@]12C. The largest absolute Gasteiger partial charge is 0.449 e. The van der Waals surface area contributed by atoms with Crippen molar-refractivity contribution in [1.29, 1.82) is 0 Å². The van der Waals surface area contributed by atoms with Crippen LogP contribution in [0.1, 0.15) is 72.1 Å². The Morgan fingerprint density at radius 1 is 1.23 bits per heavy atom. The highest BCUT2D eigenvalue weighted by Gasteiger charge is 2.59. The van der Waals surface area contributed by atoms with E-state index in [-0.39, 0.29) is 12.2 Å². The van der Waals surface area contributed by atoms with Gasteiger partial charge in [0.15, 0.2) is 0 Å². The molecular formula is C26H43NO4. The number of hydrogen-bond donors (Lipinski definition) is 2. The monoisotopic (exact) mass is 433 g/mol. The van der Waals surface area contributed by atoms with Crippen molar-refractivity contribution < 1.29 is 19.4 Å². The van der Waals surface area contributed by atoms with Crippen molar-refractivity contribution in [3.8, 4) is 0 Å². The maximum atomic E-state index is 12.0. The Kier molecular flexibility index (Phi) is 6.75. The molecule has 8 atom stereocenters. The van der Waals surface area contributed by atoms with Gasteiger partial charge in [-0.1, -0.05) is 32.4 Å². The summed E-state index contributed by atoms with van der Waals surface area (Å²) in [6.07, 6.45) is 11.4. The third kappa shape index (κ3) is 4.17. The number of ether oxygens (including phenoxy) is 2. The van der Waals surface area contributed by atoms with Crippen LogP contribution in [0.5, 0.6) is 0 Å². The number of allylic oxidation sites excluding steroid dienone is 1. The molecule has 0 aromatic heterocycles. The van der Waals surface area contributed by atoms with Gasteiger partial charge in [-0.2, -0.15) is 0 Å². The van der Waals surface area contributed by atoms with Crippen molar-refractivity contribution in [2.45, 2.75) is 78.2 Å². The second kappa shape index (κ2) is 9.05. The molecule has 3 saturated carbocycles. The molecule has 0 aliphatic heterocycles. The van der Waals surface area contributed by atoms with Gasteiger partial charge in [0.2, 0.25) is 0 Å². The molecule has 0 spiro atoms. The summed E-state index contributed by atoms with van der Waals surface area (Å²) in [5, 5.41) is 13.0. The lowest BCUT2D eigenvalue weighted by Crippen LogP contribution is -2.51. The van der Waals surface area contributed by atoms with Crippen LogP contribution in [-0.2, 0) is 9.47 Å². The number of aliphatic hydroxyl groups is 1. The second-order valence-electron chi connectivity index (χ2n) is 11.4. The topological polar surface area (TPSA) is 67.8 Å². The second-order valence-corrected chi connectivity index (χ2v) is 11.4. The Morgan fingerprint density at radius 3 is 2.81 bits per heavy atom. The minimum Gasteiger partial charge on any atom is -0.449 e. The zero-order chi connectivity index (χ0) is 22.2. The highest BCUT2D eigenvalue weighted by molar-refractivity contribution is 5.67. The van der Waals surface area contributed by atoms with E-state index in [0.717, 1.165) is 37.0 Å². The van der Waals surface area contributed by atoms with E-state index in [4.69, 9.17) is 9.47 Å². The molecule has 5 nitrogen and oxygen atoms in total. The summed E-state index contributed by atoms with van der Waals surface area (Å²) in [5.41, 5.74) is 2.20. The zero-order valence-electron chi connectivity index (χ0n) is 20.0. The van der Waals surface area contributed by atoms with E-state index < -0.39 is 0 Å². The van der Waals surface area contributed by atoms with E-state index in [1.165, 1.54) is 32.1 Å². The molecule has 0 heterocycles. The maximum absolute atomic E-state index is 12.0. The van der Waals surface area contributed by atoms with E-state index >= 15 is 0 Å². The van der Waals surface area contributed by atoms with Crippen LogP contribution in [-0.4, -0.2) is 44.2 Å².